The lowest BCUT2D eigenvalue weighted by molar-refractivity contribution is 0.1000. The van der Waals surface area contributed by atoms with Crippen molar-refractivity contribution in [2.45, 2.75) is 29.5 Å². The second-order valence-corrected chi connectivity index (χ2v) is 6.47. The Kier molecular flexibility index (Phi) is 5.35. The van der Waals surface area contributed by atoms with Gasteiger partial charge in [0.05, 0.1) is 0 Å². The van der Waals surface area contributed by atoms with Crippen LogP contribution >= 0.6 is 27.7 Å². The molecule has 0 atom stereocenters. The first-order valence-corrected chi connectivity index (χ1v) is 7.64. The SMILES string of the molecule is CNCc1ccc(Br)cc1SC1CCOCC1. The first-order valence-electron chi connectivity index (χ1n) is 5.97. The summed E-state index contributed by atoms with van der Waals surface area (Å²) < 4.78 is 6.56. The molecule has 0 unspecified atom stereocenters. The minimum absolute atomic E-state index is 0.702. The summed E-state index contributed by atoms with van der Waals surface area (Å²) in [5, 5.41) is 3.93. The van der Waals surface area contributed by atoms with E-state index in [1.54, 1.807) is 0 Å². The van der Waals surface area contributed by atoms with Crippen molar-refractivity contribution in [2.24, 2.45) is 0 Å². The van der Waals surface area contributed by atoms with Crippen LogP contribution in [-0.4, -0.2) is 25.5 Å². The summed E-state index contributed by atoms with van der Waals surface area (Å²) >= 11 is 5.55. The van der Waals surface area contributed by atoms with Gasteiger partial charge in [0.1, 0.15) is 0 Å². The molecule has 1 saturated heterocycles. The van der Waals surface area contributed by atoms with Gasteiger partial charge in [-0.1, -0.05) is 22.0 Å². The number of halogens is 1. The van der Waals surface area contributed by atoms with Gasteiger partial charge in [0.25, 0.3) is 0 Å². The predicted molar refractivity (Wildman–Crippen MR) is 76.6 cm³/mol. The first-order chi connectivity index (χ1) is 8.29. The van der Waals surface area contributed by atoms with Crippen LogP contribution in [0.3, 0.4) is 0 Å². The van der Waals surface area contributed by atoms with Crippen molar-refractivity contribution in [2.75, 3.05) is 20.3 Å². The molecular weight excluding hydrogens is 298 g/mol. The number of benzene rings is 1. The Balaban J connectivity index is 2.08. The number of hydrogen-bond donors (Lipinski definition) is 1. The maximum atomic E-state index is 5.40. The Morgan fingerprint density at radius 1 is 1.41 bits per heavy atom. The Labute approximate surface area is 116 Å². The lowest BCUT2D eigenvalue weighted by Crippen LogP contribution is -2.17. The minimum Gasteiger partial charge on any atom is -0.381 e. The van der Waals surface area contributed by atoms with Crippen LogP contribution in [-0.2, 0) is 11.3 Å². The number of nitrogens with one attached hydrogen (secondary N) is 1. The van der Waals surface area contributed by atoms with Gasteiger partial charge in [-0.05, 0) is 37.6 Å². The lowest BCUT2D eigenvalue weighted by atomic mass is 10.2. The fourth-order valence-corrected chi connectivity index (χ4v) is 3.73. The number of thioether (sulfide) groups is 1. The topological polar surface area (TPSA) is 21.3 Å². The van der Waals surface area contributed by atoms with Crippen LogP contribution in [0.5, 0.6) is 0 Å². The first kappa shape index (κ1) is 13.4. The number of ether oxygens (including phenoxy) is 1. The van der Waals surface area contributed by atoms with Crippen LogP contribution in [0.2, 0.25) is 0 Å². The van der Waals surface area contributed by atoms with Gasteiger partial charge >= 0.3 is 0 Å². The third kappa shape index (κ3) is 3.98. The zero-order valence-electron chi connectivity index (χ0n) is 10.0. The molecule has 1 aliphatic heterocycles. The molecule has 2 rings (SSSR count). The van der Waals surface area contributed by atoms with Gasteiger partial charge in [0, 0.05) is 34.4 Å². The molecule has 0 saturated carbocycles. The van der Waals surface area contributed by atoms with Crippen molar-refractivity contribution < 1.29 is 4.74 Å². The van der Waals surface area contributed by atoms with Gasteiger partial charge in [0.15, 0.2) is 0 Å². The molecule has 1 fully saturated rings. The minimum atomic E-state index is 0.702. The van der Waals surface area contributed by atoms with Crippen molar-refractivity contribution >= 4 is 27.7 Å². The quantitative estimate of drug-likeness (QED) is 0.919. The van der Waals surface area contributed by atoms with E-state index in [9.17, 15) is 0 Å². The van der Waals surface area contributed by atoms with E-state index in [4.69, 9.17) is 4.74 Å². The molecule has 94 valence electrons. The summed E-state index contributed by atoms with van der Waals surface area (Å²) in [7, 11) is 1.99. The zero-order chi connectivity index (χ0) is 12.1. The average molecular weight is 316 g/mol. The monoisotopic (exact) mass is 315 g/mol. The Hall–Kier alpha value is -0.0300. The lowest BCUT2D eigenvalue weighted by Gasteiger charge is -2.22. The van der Waals surface area contributed by atoms with Crippen LogP contribution in [0, 0.1) is 0 Å². The molecule has 0 spiro atoms. The van der Waals surface area contributed by atoms with Gasteiger partial charge in [-0.2, -0.15) is 0 Å². The van der Waals surface area contributed by atoms with E-state index in [0.717, 1.165) is 37.1 Å². The molecule has 1 aliphatic rings. The second-order valence-electron chi connectivity index (χ2n) is 4.21. The van der Waals surface area contributed by atoms with Crippen LogP contribution in [0.25, 0.3) is 0 Å². The van der Waals surface area contributed by atoms with Gasteiger partial charge in [-0.25, -0.2) is 0 Å². The van der Waals surface area contributed by atoms with E-state index in [1.165, 1.54) is 10.5 Å². The highest BCUT2D eigenvalue weighted by Crippen LogP contribution is 2.33. The standard InChI is InChI=1S/C13H18BrNOS/c1-15-9-10-2-3-11(14)8-13(10)17-12-4-6-16-7-5-12/h2-3,8,12,15H,4-7,9H2,1H3. The second kappa shape index (κ2) is 6.78. The van der Waals surface area contributed by atoms with Crippen LogP contribution < -0.4 is 5.32 Å². The maximum Gasteiger partial charge on any atom is 0.0476 e. The van der Waals surface area contributed by atoms with E-state index in [1.807, 2.05) is 18.8 Å². The van der Waals surface area contributed by atoms with Crippen molar-refractivity contribution in [1.82, 2.24) is 5.32 Å². The molecule has 0 amide bonds. The predicted octanol–water partition coefficient (Wildman–Crippen LogP) is 3.44. The maximum absolute atomic E-state index is 5.40. The largest absolute Gasteiger partial charge is 0.381 e. The molecule has 1 heterocycles. The van der Waals surface area contributed by atoms with Crippen LogP contribution in [0.15, 0.2) is 27.6 Å². The third-order valence-corrected chi connectivity index (χ3v) is 4.79. The van der Waals surface area contributed by atoms with E-state index >= 15 is 0 Å². The molecule has 0 bridgehead atoms. The molecule has 1 N–H and O–H groups in total. The summed E-state index contributed by atoms with van der Waals surface area (Å²) in [6.45, 7) is 2.75. The molecule has 1 aromatic carbocycles. The van der Waals surface area contributed by atoms with Crippen LogP contribution in [0.1, 0.15) is 18.4 Å². The summed E-state index contributed by atoms with van der Waals surface area (Å²) in [5.74, 6) is 0. The Bertz CT molecular complexity index is 366. The van der Waals surface area contributed by atoms with Crippen LogP contribution in [0.4, 0.5) is 0 Å². The summed E-state index contributed by atoms with van der Waals surface area (Å²) in [5.41, 5.74) is 1.38. The van der Waals surface area contributed by atoms with Gasteiger partial charge in [-0.3, -0.25) is 0 Å². The van der Waals surface area contributed by atoms with Crippen molar-refractivity contribution in [3.63, 3.8) is 0 Å². The third-order valence-electron chi connectivity index (χ3n) is 2.86. The number of rotatable bonds is 4. The van der Waals surface area contributed by atoms with Gasteiger partial charge in [0.2, 0.25) is 0 Å². The fraction of sp³-hybridized carbons (Fsp3) is 0.538. The summed E-state index contributed by atoms with van der Waals surface area (Å²) in [4.78, 5) is 1.39. The summed E-state index contributed by atoms with van der Waals surface area (Å²) in [6, 6.07) is 6.54. The molecule has 0 radical (unpaired) electrons. The molecule has 4 heteroatoms. The van der Waals surface area contributed by atoms with Gasteiger partial charge in [-0.15, -0.1) is 11.8 Å². The molecule has 0 aromatic heterocycles. The summed E-state index contributed by atoms with van der Waals surface area (Å²) in [6.07, 6.45) is 2.33. The Morgan fingerprint density at radius 2 is 2.18 bits per heavy atom. The number of hydrogen-bond acceptors (Lipinski definition) is 3. The van der Waals surface area contributed by atoms with Crippen molar-refractivity contribution in [3.8, 4) is 0 Å². The highest BCUT2D eigenvalue weighted by molar-refractivity contribution is 9.10. The molecule has 1 aromatic rings. The molecule has 2 nitrogen and oxygen atoms in total. The fourth-order valence-electron chi connectivity index (χ4n) is 1.95. The van der Waals surface area contributed by atoms with E-state index in [-0.39, 0.29) is 0 Å². The zero-order valence-corrected chi connectivity index (χ0v) is 12.4. The normalized spacial score (nSPS) is 17.3. The highest BCUT2D eigenvalue weighted by atomic mass is 79.9. The average Bonchev–Trinajstić information content (AvgIpc) is 2.34. The van der Waals surface area contributed by atoms with E-state index in [2.05, 4.69) is 39.4 Å². The smallest absolute Gasteiger partial charge is 0.0476 e. The Morgan fingerprint density at radius 3 is 2.88 bits per heavy atom. The highest BCUT2D eigenvalue weighted by Gasteiger charge is 2.16. The molecule has 17 heavy (non-hydrogen) atoms. The molecular formula is C13H18BrNOS. The van der Waals surface area contributed by atoms with E-state index < -0.39 is 0 Å². The van der Waals surface area contributed by atoms with Crippen molar-refractivity contribution in [1.29, 1.82) is 0 Å². The van der Waals surface area contributed by atoms with Gasteiger partial charge < -0.3 is 10.1 Å². The van der Waals surface area contributed by atoms with E-state index in [0.29, 0.717) is 5.25 Å². The van der Waals surface area contributed by atoms with Crippen molar-refractivity contribution in [3.05, 3.63) is 28.2 Å². The molecule has 0 aliphatic carbocycles.